The Kier molecular flexibility index (Phi) is 3.94. The highest BCUT2D eigenvalue weighted by Gasteiger charge is 2.15. The zero-order valence-corrected chi connectivity index (χ0v) is 12.1. The molecule has 5 N–H and O–H groups in total. The van der Waals surface area contributed by atoms with Crippen molar-refractivity contribution in [1.82, 2.24) is 19.5 Å². The number of nitrogens with two attached hydrogens (primary N) is 2. The van der Waals surface area contributed by atoms with Crippen LogP contribution in [-0.4, -0.2) is 43.5 Å². The van der Waals surface area contributed by atoms with Gasteiger partial charge in [0.1, 0.15) is 11.9 Å². The van der Waals surface area contributed by atoms with E-state index < -0.39 is 7.37 Å². The SMILES string of the molecule is CC(Cn1cnc2c(N)nc(N)nc21)OCP(C)(=O)O. The monoisotopic (exact) mass is 300 g/mol. The van der Waals surface area contributed by atoms with Gasteiger partial charge in [0.15, 0.2) is 11.5 Å². The molecule has 0 spiro atoms. The molecule has 2 aromatic rings. The number of aromatic nitrogens is 4. The summed E-state index contributed by atoms with van der Waals surface area (Å²) >= 11 is 0. The minimum atomic E-state index is -3.19. The van der Waals surface area contributed by atoms with Gasteiger partial charge in [-0.05, 0) is 6.92 Å². The molecule has 0 aliphatic carbocycles. The molecule has 0 saturated carbocycles. The van der Waals surface area contributed by atoms with E-state index in [4.69, 9.17) is 16.2 Å². The maximum absolute atomic E-state index is 11.2. The average Bonchev–Trinajstić information content (AvgIpc) is 2.69. The van der Waals surface area contributed by atoms with Crippen molar-refractivity contribution < 1.29 is 14.2 Å². The molecular formula is C10H17N6O3P. The maximum Gasteiger partial charge on any atom is 0.224 e. The van der Waals surface area contributed by atoms with Gasteiger partial charge in [0, 0.05) is 6.66 Å². The number of rotatable bonds is 5. The van der Waals surface area contributed by atoms with Crippen molar-refractivity contribution in [2.24, 2.45) is 0 Å². The number of imidazole rings is 1. The third-order valence-corrected chi connectivity index (χ3v) is 3.19. The quantitative estimate of drug-likeness (QED) is 0.667. The third kappa shape index (κ3) is 3.44. The van der Waals surface area contributed by atoms with Crippen LogP contribution < -0.4 is 11.5 Å². The molecule has 9 nitrogen and oxygen atoms in total. The van der Waals surface area contributed by atoms with Crippen LogP contribution in [-0.2, 0) is 15.8 Å². The van der Waals surface area contributed by atoms with Crippen molar-refractivity contribution in [2.75, 3.05) is 24.5 Å². The standard InChI is InChI=1S/C10H17N6O3P/c1-6(19-5-20(2,17)18)3-16-4-13-7-8(11)14-10(12)15-9(7)16/h4,6H,3,5H2,1-2H3,(H,17,18)(H4,11,12,14,15). The fraction of sp³-hybridized carbons (Fsp3) is 0.500. The number of hydrogen-bond acceptors (Lipinski definition) is 7. The van der Waals surface area contributed by atoms with Crippen molar-refractivity contribution in [1.29, 1.82) is 0 Å². The maximum atomic E-state index is 11.2. The molecule has 110 valence electrons. The summed E-state index contributed by atoms with van der Waals surface area (Å²) in [7, 11) is -3.19. The van der Waals surface area contributed by atoms with Crippen LogP contribution in [0.1, 0.15) is 6.92 Å². The molecule has 2 aromatic heterocycles. The van der Waals surface area contributed by atoms with E-state index in [2.05, 4.69) is 15.0 Å². The lowest BCUT2D eigenvalue weighted by Crippen LogP contribution is -2.17. The average molecular weight is 300 g/mol. The summed E-state index contributed by atoms with van der Waals surface area (Å²) in [5.74, 6) is 0.284. The highest BCUT2D eigenvalue weighted by Crippen LogP contribution is 2.35. The van der Waals surface area contributed by atoms with Gasteiger partial charge < -0.3 is 25.7 Å². The predicted octanol–water partition coefficient (Wildman–Crippen LogP) is 0.254. The van der Waals surface area contributed by atoms with Crippen molar-refractivity contribution in [3.63, 3.8) is 0 Å². The topological polar surface area (TPSA) is 142 Å². The Balaban J connectivity index is 2.16. The van der Waals surface area contributed by atoms with E-state index in [1.54, 1.807) is 17.8 Å². The van der Waals surface area contributed by atoms with Gasteiger partial charge in [-0.3, -0.25) is 4.57 Å². The van der Waals surface area contributed by atoms with Crippen LogP contribution in [0, 0.1) is 0 Å². The normalized spacial score (nSPS) is 16.1. The number of hydrogen-bond donors (Lipinski definition) is 3. The Labute approximate surface area is 115 Å². The van der Waals surface area contributed by atoms with E-state index in [0.29, 0.717) is 17.7 Å². The molecule has 2 atom stereocenters. The van der Waals surface area contributed by atoms with Crippen LogP contribution in [0.5, 0.6) is 0 Å². The largest absolute Gasteiger partial charge is 0.382 e. The van der Waals surface area contributed by atoms with Gasteiger partial charge in [-0.25, -0.2) is 4.98 Å². The van der Waals surface area contributed by atoms with E-state index in [0.717, 1.165) is 0 Å². The van der Waals surface area contributed by atoms with E-state index in [1.165, 1.54) is 6.66 Å². The fourth-order valence-electron chi connectivity index (χ4n) is 1.71. The molecule has 2 heterocycles. The summed E-state index contributed by atoms with van der Waals surface area (Å²) in [6, 6.07) is 0. The van der Waals surface area contributed by atoms with Crippen LogP contribution in [0.25, 0.3) is 11.2 Å². The van der Waals surface area contributed by atoms with Crippen LogP contribution >= 0.6 is 7.37 Å². The molecule has 0 fully saturated rings. The zero-order chi connectivity index (χ0) is 14.9. The third-order valence-electron chi connectivity index (χ3n) is 2.56. The van der Waals surface area contributed by atoms with Crippen molar-refractivity contribution >= 4 is 30.3 Å². The predicted molar refractivity (Wildman–Crippen MR) is 75.3 cm³/mol. The smallest absolute Gasteiger partial charge is 0.224 e. The second kappa shape index (κ2) is 5.35. The summed E-state index contributed by atoms with van der Waals surface area (Å²) in [6.45, 7) is 3.45. The number of anilines is 2. The highest BCUT2D eigenvalue weighted by molar-refractivity contribution is 7.56. The first-order chi connectivity index (χ1) is 9.26. The Morgan fingerprint density at radius 3 is 2.85 bits per heavy atom. The molecule has 0 bridgehead atoms. The van der Waals surface area contributed by atoms with Gasteiger partial charge in [0.05, 0.1) is 19.0 Å². The van der Waals surface area contributed by atoms with Gasteiger partial charge >= 0.3 is 0 Å². The lowest BCUT2D eigenvalue weighted by atomic mass is 10.4. The number of nitrogen functional groups attached to an aromatic ring is 2. The molecule has 10 heteroatoms. The molecule has 0 aliphatic heterocycles. The highest BCUT2D eigenvalue weighted by atomic mass is 31.2. The molecule has 0 aromatic carbocycles. The Hall–Kier alpha value is -1.70. The van der Waals surface area contributed by atoms with Crippen LogP contribution in [0.15, 0.2) is 6.33 Å². The summed E-state index contributed by atoms with van der Waals surface area (Å²) in [4.78, 5) is 21.2. The van der Waals surface area contributed by atoms with E-state index in [1.807, 2.05) is 0 Å². The van der Waals surface area contributed by atoms with Crippen molar-refractivity contribution in [3.8, 4) is 0 Å². The Bertz CT molecular complexity index is 666. The molecule has 0 saturated heterocycles. The van der Waals surface area contributed by atoms with Gasteiger partial charge in [0.2, 0.25) is 13.3 Å². The second-order valence-corrected chi connectivity index (χ2v) is 7.05. The molecule has 0 radical (unpaired) electrons. The van der Waals surface area contributed by atoms with Crippen molar-refractivity contribution in [3.05, 3.63) is 6.33 Å². The van der Waals surface area contributed by atoms with Gasteiger partial charge in [0.25, 0.3) is 0 Å². The number of nitrogens with zero attached hydrogens (tertiary/aromatic N) is 4. The summed E-state index contributed by atoms with van der Waals surface area (Å²) in [5, 5.41) is 0. The van der Waals surface area contributed by atoms with Crippen LogP contribution in [0.2, 0.25) is 0 Å². The van der Waals surface area contributed by atoms with Crippen LogP contribution in [0.3, 0.4) is 0 Å². The lowest BCUT2D eigenvalue weighted by molar-refractivity contribution is 0.0830. The van der Waals surface area contributed by atoms with Gasteiger partial charge in [-0.1, -0.05) is 0 Å². The summed E-state index contributed by atoms with van der Waals surface area (Å²) in [6.07, 6.45) is 1.07. The molecular weight excluding hydrogens is 283 g/mol. The summed E-state index contributed by atoms with van der Waals surface area (Å²) in [5.41, 5.74) is 12.2. The number of ether oxygens (including phenoxy) is 1. The minimum absolute atomic E-state index is 0.0683. The second-order valence-electron chi connectivity index (χ2n) is 4.69. The van der Waals surface area contributed by atoms with Gasteiger partial charge in [-0.2, -0.15) is 9.97 Å². The summed E-state index contributed by atoms with van der Waals surface area (Å²) < 4.78 is 18.2. The molecule has 2 rings (SSSR count). The number of fused-ring (bicyclic) bond motifs is 1. The lowest BCUT2D eigenvalue weighted by Gasteiger charge is -2.15. The molecule has 2 unspecified atom stereocenters. The minimum Gasteiger partial charge on any atom is -0.382 e. The Morgan fingerprint density at radius 2 is 2.20 bits per heavy atom. The van der Waals surface area contributed by atoms with Crippen molar-refractivity contribution in [2.45, 2.75) is 19.6 Å². The van der Waals surface area contributed by atoms with E-state index >= 15 is 0 Å². The van der Waals surface area contributed by atoms with Crippen LogP contribution in [0.4, 0.5) is 11.8 Å². The first kappa shape index (κ1) is 14.7. The Morgan fingerprint density at radius 1 is 1.50 bits per heavy atom. The molecule has 20 heavy (non-hydrogen) atoms. The van der Waals surface area contributed by atoms with E-state index in [9.17, 15) is 9.46 Å². The zero-order valence-electron chi connectivity index (χ0n) is 11.2. The van der Waals surface area contributed by atoms with Gasteiger partial charge in [-0.15, -0.1) is 0 Å². The first-order valence-electron chi connectivity index (χ1n) is 5.91. The molecule has 0 aliphatic rings. The first-order valence-corrected chi connectivity index (χ1v) is 8.20. The molecule has 0 amide bonds. The fourth-order valence-corrected chi connectivity index (χ4v) is 2.24. The van der Waals surface area contributed by atoms with E-state index in [-0.39, 0.29) is 24.2 Å².